The number of nitrogens with zero attached hydrogens (tertiary/aromatic N) is 1. The van der Waals surface area contributed by atoms with Crippen LogP contribution in [0.3, 0.4) is 0 Å². The second-order valence-electron chi connectivity index (χ2n) is 1.68. The molecule has 0 spiro atoms. The molecule has 0 aromatic rings. The van der Waals surface area contributed by atoms with E-state index in [1.54, 1.807) is 11.8 Å². The molecule has 1 nitrogen and oxygen atoms in total. The molecule has 0 heterocycles. The van der Waals surface area contributed by atoms with Crippen LogP contribution < -0.4 is 0 Å². The molecule has 0 aromatic heterocycles. The Hall–Kier alpha value is 0.500. The number of hydrogen-bond acceptors (Lipinski definition) is 2. The van der Waals surface area contributed by atoms with Gasteiger partial charge in [-0.25, -0.2) is 0 Å². The Bertz CT molecular complexity index is 90.4. The Balaban J connectivity index is 3.56. The first kappa shape index (κ1) is 8.50. The van der Waals surface area contributed by atoms with Crippen LogP contribution in [0.25, 0.3) is 0 Å². The second kappa shape index (κ2) is 4.39. The minimum Gasteiger partial charge on any atom is -0.269 e. The van der Waals surface area contributed by atoms with Gasteiger partial charge < -0.3 is 0 Å². The van der Waals surface area contributed by atoms with E-state index in [1.165, 1.54) is 0 Å². The Morgan fingerprint density at radius 1 is 1.62 bits per heavy atom. The first-order chi connectivity index (χ1) is 3.66. The lowest BCUT2D eigenvalue weighted by Gasteiger charge is -1.95. The van der Waals surface area contributed by atoms with E-state index in [1.807, 2.05) is 6.26 Å². The summed E-state index contributed by atoms with van der Waals surface area (Å²) >= 11 is 4.91. The fourth-order valence-corrected chi connectivity index (χ4v) is 0.981. The molecule has 0 rings (SSSR count). The van der Waals surface area contributed by atoms with Crippen LogP contribution in [0, 0.1) is 0 Å². The van der Waals surface area contributed by atoms with Crippen LogP contribution in [0.2, 0.25) is 0 Å². The number of aliphatic imine (C=N–C) groups is 1. The highest BCUT2D eigenvalue weighted by molar-refractivity contribution is 9.22. The third-order valence-corrected chi connectivity index (χ3v) is 2.15. The number of halogens is 1. The van der Waals surface area contributed by atoms with Crippen LogP contribution in [0.4, 0.5) is 0 Å². The quantitative estimate of drug-likeness (QED) is 0.463. The molecule has 3 heteroatoms. The van der Waals surface area contributed by atoms with Crippen molar-refractivity contribution < 1.29 is 0 Å². The summed E-state index contributed by atoms with van der Waals surface area (Å²) in [7, 11) is 0. The molecule has 8 heavy (non-hydrogen) atoms. The van der Waals surface area contributed by atoms with Crippen LogP contribution in [-0.4, -0.2) is 16.3 Å². The molecule has 0 saturated carbocycles. The van der Waals surface area contributed by atoms with Gasteiger partial charge in [-0.1, -0.05) is 0 Å². The van der Waals surface area contributed by atoms with Gasteiger partial charge in [0.1, 0.15) is 3.95 Å². The monoisotopic (exact) mass is 195 g/mol. The van der Waals surface area contributed by atoms with Crippen molar-refractivity contribution in [3.63, 3.8) is 0 Å². The van der Waals surface area contributed by atoms with Gasteiger partial charge in [0.05, 0.1) is 0 Å². The van der Waals surface area contributed by atoms with E-state index in [2.05, 4.69) is 34.8 Å². The minimum atomic E-state index is 0.400. The first-order valence-corrected chi connectivity index (χ1v) is 4.46. The van der Waals surface area contributed by atoms with Crippen molar-refractivity contribution in [1.82, 2.24) is 0 Å². The standard InChI is InChI=1S/C5H10BrNS/c1-4(2)7-5(6)8-3/h4H,1-3H3. The molecule has 0 atom stereocenters. The molecule has 0 bridgehead atoms. The van der Waals surface area contributed by atoms with Gasteiger partial charge in [0.25, 0.3) is 0 Å². The van der Waals surface area contributed by atoms with Crippen LogP contribution in [0.5, 0.6) is 0 Å². The molecular formula is C5H10BrNS. The fraction of sp³-hybridized carbons (Fsp3) is 0.800. The van der Waals surface area contributed by atoms with E-state index >= 15 is 0 Å². The van der Waals surface area contributed by atoms with Gasteiger partial charge >= 0.3 is 0 Å². The van der Waals surface area contributed by atoms with Gasteiger partial charge in [-0.15, -0.1) is 11.8 Å². The van der Waals surface area contributed by atoms with Gasteiger partial charge in [0, 0.05) is 6.04 Å². The minimum absolute atomic E-state index is 0.400. The summed E-state index contributed by atoms with van der Waals surface area (Å²) in [6.45, 7) is 4.11. The van der Waals surface area contributed by atoms with Gasteiger partial charge in [0.15, 0.2) is 0 Å². The highest BCUT2D eigenvalue weighted by atomic mass is 79.9. The normalized spacial score (nSPS) is 12.9. The zero-order chi connectivity index (χ0) is 6.57. The molecule has 0 aromatic carbocycles. The molecule has 0 saturated heterocycles. The molecule has 0 unspecified atom stereocenters. The average Bonchev–Trinajstić information content (AvgIpc) is 1.65. The van der Waals surface area contributed by atoms with E-state index in [0.29, 0.717) is 6.04 Å². The van der Waals surface area contributed by atoms with Crippen LogP contribution in [0.15, 0.2) is 4.99 Å². The van der Waals surface area contributed by atoms with Crippen molar-refractivity contribution in [2.24, 2.45) is 4.99 Å². The fourth-order valence-electron chi connectivity index (χ4n) is 0.256. The number of rotatable bonds is 1. The maximum absolute atomic E-state index is 4.19. The maximum Gasteiger partial charge on any atom is 0.134 e. The van der Waals surface area contributed by atoms with Crippen molar-refractivity contribution in [1.29, 1.82) is 0 Å². The second-order valence-corrected chi connectivity index (χ2v) is 3.75. The van der Waals surface area contributed by atoms with Crippen molar-refractivity contribution in [3.05, 3.63) is 0 Å². The summed E-state index contributed by atoms with van der Waals surface area (Å²) in [6.07, 6.45) is 2.00. The summed E-state index contributed by atoms with van der Waals surface area (Å²) in [5.41, 5.74) is 0. The lowest BCUT2D eigenvalue weighted by molar-refractivity contribution is 0.842. The third-order valence-electron chi connectivity index (χ3n) is 0.528. The van der Waals surface area contributed by atoms with Gasteiger partial charge in [-0.05, 0) is 36.0 Å². The summed E-state index contributed by atoms with van der Waals surface area (Å²) in [4.78, 5) is 4.19. The lowest BCUT2D eigenvalue weighted by Crippen LogP contribution is -1.90. The van der Waals surface area contributed by atoms with E-state index in [-0.39, 0.29) is 0 Å². The molecule has 0 aliphatic heterocycles. The van der Waals surface area contributed by atoms with E-state index in [9.17, 15) is 0 Å². The lowest BCUT2D eigenvalue weighted by atomic mass is 10.4. The maximum atomic E-state index is 4.19. The van der Waals surface area contributed by atoms with Crippen LogP contribution in [-0.2, 0) is 0 Å². The van der Waals surface area contributed by atoms with E-state index in [0.717, 1.165) is 3.95 Å². The zero-order valence-electron chi connectivity index (χ0n) is 5.31. The summed E-state index contributed by atoms with van der Waals surface area (Å²) in [5.74, 6) is 0. The molecule has 0 amide bonds. The van der Waals surface area contributed by atoms with Crippen molar-refractivity contribution in [3.8, 4) is 0 Å². The molecule has 0 aliphatic rings. The molecule has 0 fully saturated rings. The molecule has 0 aliphatic carbocycles. The van der Waals surface area contributed by atoms with Crippen LogP contribution >= 0.6 is 27.7 Å². The Kier molecular flexibility index (Phi) is 4.66. The Labute approximate surface area is 63.1 Å². The number of hydrogen-bond donors (Lipinski definition) is 0. The molecular weight excluding hydrogens is 186 g/mol. The smallest absolute Gasteiger partial charge is 0.134 e. The highest BCUT2D eigenvalue weighted by Gasteiger charge is 1.89. The third kappa shape index (κ3) is 4.65. The first-order valence-electron chi connectivity index (χ1n) is 2.44. The summed E-state index contributed by atoms with van der Waals surface area (Å²) < 4.78 is 0.979. The Morgan fingerprint density at radius 2 is 2.12 bits per heavy atom. The predicted molar refractivity (Wildman–Crippen MR) is 45.0 cm³/mol. The van der Waals surface area contributed by atoms with E-state index < -0.39 is 0 Å². The van der Waals surface area contributed by atoms with Gasteiger partial charge in [0.2, 0.25) is 0 Å². The van der Waals surface area contributed by atoms with Crippen molar-refractivity contribution >= 4 is 31.6 Å². The average molecular weight is 196 g/mol. The van der Waals surface area contributed by atoms with E-state index in [4.69, 9.17) is 0 Å². The molecule has 0 N–H and O–H groups in total. The van der Waals surface area contributed by atoms with Crippen molar-refractivity contribution in [2.75, 3.05) is 6.26 Å². The Morgan fingerprint density at radius 3 is 2.25 bits per heavy atom. The zero-order valence-corrected chi connectivity index (χ0v) is 7.71. The molecule has 0 radical (unpaired) electrons. The highest BCUT2D eigenvalue weighted by Crippen LogP contribution is 2.06. The van der Waals surface area contributed by atoms with Crippen LogP contribution in [0.1, 0.15) is 13.8 Å². The van der Waals surface area contributed by atoms with Crippen molar-refractivity contribution in [2.45, 2.75) is 19.9 Å². The predicted octanol–water partition coefficient (Wildman–Crippen LogP) is 2.51. The SMILES string of the molecule is CSC(Br)=NC(C)C. The van der Waals surface area contributed by atoms with Gasteiger partial charge in [-0.2, -0.15) is 0 Å². The van der Waals surface area contributed by atoms with Gasteiger partial charge in [-0.3, -0.25) is 4.99 Å². The topological polar surface area (TPSA) is 12.4 Å². The summed E-state index contributed by atoms with van der Waals surface area (Å²) in [6, 6.07) is 0.400. The summed E-state index contributed by atoms with van der Waals surface area (Å²) in [5, 5.41) is 0. The number of thioether (sulfide) groups is 1. The largest absolute Gasteiger partial charge is 0.269 e. The molecule has 48 valence electrons.